The van der Waals surface area contributed by atoms with E-state index in [4.69, 9.17) is 4.42 Å². The number of carbonyl (C=O) groups excluding carboxylic acids is 1. The topological polar surface area (TPSA) is 59.3 Å². The number of amides is 1. The highest BCUT2D eigenvalue weighted by Crippen LogP contribution is 2.36. The molecule has 0 spiro atoms. The number of para-hydroxylation sites is 1. The molecule has 1 unspecified atom stereocenters. The Bertz CT molecular complexity index is 1030. The number of halogens is 1. The van der Waals surface area contributed by atoms with Gasteiger partial charge in [-0.15, -0.1) is 11.8 Å². The first-order chi connectivity index (χ1) is 12.1. The average Bonchev–Trinajstić information content (AvgIpc) is 2.62. The second kappa shape index (κ2) is 6.37. The summed E-state index contributed by atoms with van der Waals surface area (Å²) in [7, 11) is 0. The van der Waals surface area contributed by atoms with Crippen LogP contribution in [-0.4, -0.2) is 11.7 Å². The van der Waals surface area contributed by atoms with E-state index in [1.54, 1.807) is 42.1 Å². The fraction of sp³-hybridized carbons (Fsp3) is 0.158. The Hall–Kier alpha value is -2.60. The van der Waals surface area contributed by atoms with Gasteiger partial charge in [-0.05, 0) is 42.3 Å². The highest BCUT2D eigenvalue weighted by atomic mass is 32.2. The van der Waals surface area contributed by atoms with Gasteiger partial charge in [-0.1, -0.05) is 12.1 Å². The molecule has 25 heavy (non-hydrogen) atoms. The van der Waals surface area contributed by atoms with Crippen molar-refractivity contribution in [2.45, 2.75) is 17.4 Å². The molecule has 1 N–H and O–H groups in total. The summed E-state index contributed by atoms with van der Waals surface area (Å²) in [6.07, 6.45) is 0.685. The fourth-order valence-electron chi connectivity index (χ4n) is 2.96. The Morgan fingerprint density at radius 3 is 2.92 bits per heavy atom. The lowest BCUT2D eigenvalue weighted by atomic mass is 10.0. The number of fused-ring (bicyclic) bond motifs is 2. The zero-order chi connectivity index (χ0) is 17.4. The van der Waals surface area contributed by atoms with Crippen molar-refractivity contribution in [3.63, 3.8) is 0 Å². The first kappa shape index (κ1) is 15.9. The van der Waals surface area contributed by atoms with Crippen molar-refractivity contribution in [3.05, 3.63) is 75.9 Å². The number of hydrogen-bond acceptors (Lipinski definition) is 4. The molecule has 1 aliphatic heterocycles. The third-order valence-electron chi connectivity index (χ3n) is 4.18. The molecule has 1 atom stereocenters. The van der Waals surface area contributed by atoms with Crippen LogP contribution in [0.5, 0.6) is 0 Å². The molecule has 0 aliphatic carbocycles. The van der Waals surface area contributed by atoms with E-state index in [0.717, 1.165) is 16.2 Å². The minimum atomic E-state index is -0.477. The van der Waals surface area contributed by atoms with Gasteiger partial charge in [0, 0.05) is 16.7 Å². The van der Waals surface area contributed by atoms with E-state index in [2.05, 4.69) is 5.32 Å². The summed E-state index contributed by atoms with van der Waals surface area (Å²) in [5.74, 6) is -0.0294. The van der Waals surface area contributed by atoms with Gasteiger partial charge < -0.3 is 9.73 Å². The minimum absolute atomic E-state index is 0.0418. The van der Waals surface area contributed by atoms with E-state index in [-0.39, 0.29) is 23.0 Å². The van der Waals surface area contributed by atoms with Crippen molar-refractivity contribution in [2.75, 3.05) is 5.75 Å². The van der Waals surface area contributed by atoms with E-state index in [9.17, 15) is 14.0 Å². The van der Waals surface area contributed by atoms with Gasteiger partial charge in [0.05, 0.1) is 11.4 Å². The van der Waals surface area contributed by atoms with Crippen LogP contribution in [0.15, 0.2) is 62.6 Å². The van der Waals surface area contributed by atoms with Crippen LogP contribution in [0.25, 0.3) is 11.0 Å². The predicted molar refractivity (Wildman–Crippen MR) is 94.4 cm³/mol. The molecule has 4 rings (SSSR count). The third kappa shape index (κ3) is 3.05. The summed E-state index contributed by atoms with van der Waals surface area (Å²) in [5, 5.41) is 3.29. The van der Waals surface area contributed by atoms with Gasteiger partial charge in [0.1, 0.15) is 11.4 Å². The lowest BCUT2D eigenvalue weighted by Gasteiger charge is -2.25. The van der Waals surface area contributed by atoms with Crippen molar-refractivity contribution in [2.24, 2.45) is 0 Å². The average molecular weight is 355 g/mol. The molecular formula is C19H14FNO3S. The SMILES string of the molecule is O=C(NC1CCSc2ccc(F)cc21)c1cc(=O)c2ccccc2o1. The lowest BCUT2D eigenvalue weighted by molar-refractivity contribution is 0.0907. The Morgan fingerprint density at radius 1 is 1.20 bits per heavy atom. The summed E-state index contributed by atoms with van der Waals surface area (Å²) >= 11 is 1.64. The fourth-order valence-corrected chi connectivity index (χ4v) is 4.07. The predicted octanol–water partition coefficient (Wildman–Crippen LogP) is 3.90. The number of nitrogens with one attached hydrogen (secondary N) is 1. The van der Waals surface area contributed by atoms with E-state index < -0.39 is 5.91 Å². The van der Waals surface area contributed by atoms with Gasteiger partial charge >= 0.3 is 0 Å². The maximum absolute atomic E-state index is 13.6. The second-order valence-corrected chi connectivity index (χ2v) is 6.95. The van der Waals surface area contributed by atoms with Crippen LogP contribution in [0.3, 0.4) is 0 Å². The highest BCUT2D eigenvalue weighted by molar-refractivity contribution is 7.99. The molecule has 0 fully saturated rings. The van der Waals surface area contributed by atoms with Crippen molar-refractivity contribution < 1.29 is 13.6 Å². The first-order valence-corrected chi connectivity index (χ1v) is 8.86. The zero-order valence-corrected chi connectivity index (χ0v) is 13.9. The van der Waals surface area contributed by atoms with E-state index in [1.165, 1.54) is 18.2 Å². The van der Waals surface area contributed by atoms with Gasteiger partial charge in [0.2, 0.25) is 0 Å². The molecular weight excluding hydrogens is 341 g/mol. The van der Waals surface area contributed by atoms with E-state index in [0.29, 0.717) is 17.4 Å². The summed E-state index contributed by atoms with van der Waals surface area (Å²) in [6, 6.07) is 12.3. The van der Waals surface area contributed by atoms with Gasteiger partial charge in [-0.25, -0.2) is 4.39 Å². The molecule has 1 aromatic heterocycles. The largest absolute Gasteiger partial charge is 0.451 e. The molecule has 4 nitrogen and oxygen atoms in total. The summed E-state index contributed by atoms with van der Waals surface area (Å²) in [4.78, 5) is 25.7. The summed E-state index contributed by atoms with van der Waals surface area (Å²) in [5.41, 5.74) is 0.858. The molecule has 0 saturated heterocycles. The minimum Gasteiger partial charge on any atom is -0.451 e. The van der Waals surface area contributed by atoms with Gasteiger partial charge in [0.25, 0.3) is 5.91 Å². The molecule has 6 heteroatoms. The Balaban J connectivity index is 1.66. The van der Waals surface area contributed by atoms with Crippen LogP contribution in [0.4, 0.5) is 4.39 Å². The maximum atomic E-state index is 13.6. The number of thioether (sulfide) groups is 1. The van der Waals surface area contributed by atoms with Gasteiger partial charge in [0.15, 0.2) is 11.2 Å². The monoisotopic (exact) mass is 355 g/mol. The van der Waals surface area contributed by atoms with Crippen LogP contribution < -0.4 is 10.7 Å². The molecule has 1 aliphatic rings. The number of hydrogen-bond donors (Lipinski definition) is 1. The molecule has 2 aromatic carbocycles. The van der Waals surface area contributed by atoms with Crippen LogP contribution >= 0.6 is 11.8 Å². The van der Waals surface area contributed by atoms with Crippen molar-refractivity contribution in [1.82, 2.24) is 5.32 Å². The quantitative estimate of drug-likeness (QED) is 0.757. The lowest BCUT2D eigenvalue weighted by Crippen LogP contribution is -2.31. The van der Waals surface area contributed by atoms with Gasteiger partial charge in [-0.3, -0.25) is 9.59 Å². The Morgan fingerprint density at radius 2 is 2.04 bits per heavy atom. The maximum Gasteiger partial charge on any atom is 0.287 e. The smallest absolute Gasteiger partial charge is 0.287 e. The van der Waals surface area contributed by atoms with Crippen molar-refractivity contribution in [1.29, 1.82) is 0 Å². The van der Waals surface area contributed by atoms with Crippen LogP contribution in [-0.2, 0) is 0 Å². The van der Waals surface area contributed by atoms with E-state index >= 15 is 0 Å². The van der Waals surface area contributed by atoms with Crippen LogP contribution in [0.2, 0.25) is 0 Å². The molecule has 2 heterocycles. The normalized spacial score (nSPS) is 16.4. The van der Waals surface area contributed by atoms with E-state index in [1.807, 2.05) is 0 Å². The highest BCUT2D eigenvalue weighted by Gasteiger charge is 2.24. The Kier molecular flexibility index (Phi) is 4.05. The van der Waals surface area contributed by atoms with Crippen LogP contribution in [0.1, 0.15) is 28.6 Å². The molecule has 1 amide bonds. The summed E-state index contributed by atoms with van der Waals surface area (Å²) in [6.45, 7) is 0. The third-order valence-corrected chi connectivity index (χ3v) is 5.30. The first-order valence-electron chi connectivity index (χ1n) is 7.88. The van der Waals surface area contributed by atoms with Crippen LogP contribution in [0, 0.1) is 5.82 Å². The standard InChI is InChI=1S/C19H14FNO3S/c20-11-5-6-18-13(9-11)14(7-8-25-18)21-19(23)17-10-15(22)12-3-1-2-4-16(12)24-17/h1-6,9-10,14H,7-8H2,(H,21,23). The molecule has 0 bridgehead atoms. The zero-order valence-electron chi connectivity index (χ0n) is 13.1. The second-order valence-electron chi connectivity index (χ2n) is 5.82. The molecule has 3 aromatic rings. The van der Waals surface area contributed by atoms with Gasteiger partial charge in [-0.2, -0.15) is 0 Å². The number of carbonyl (C=O) groups is 1. The van der Waals surface area contributed by atoms with Crippen molar-refractivity contribution in [3.8, 4) is 0 Å². The Labute approximate surface area is 147 Å². The summed E-state index contributed by atoms with van der Waals surface area (Å²) < 4.78 is 19.1. The molecule has 126 valence electrons. The molecule has 0 saturated carbocycles. The number of rotatable bonds is 2. The van der Waals surface area contributed by atoms with Crippen molar-refractivity contribution >= 4 is 28.6 Å². The molecule has 0 radical (unpaired) electrons. The number of benzene rings is 2.